The molecule has 1 aromatic heterocycles. The third-order valence-corrected chi connectivity index (χ3v) is 7.68. The molecule has 0 unspecified atom stereocenters. The third-order valence-electron chi connectivity index (χ3n) is 4.86. The quantitative estimate of drug-likeness (QED) is 0.658. The molecule has 8 nitrogen and oxygen atoms in total. The molecule has 1 N–H and O–H groups in total. The molecule has 1 aromatic rings. The zero-order chi connectivity index (χ0) is 19.3. The number of carbonyl (C=O) groups excluding carboxylic acids is 1. The van der Waals surface area contributed by atoms with Crippen LogP contribution in [0.25, 0.3) is 0 Å². The zero-order valence-electron chi connectivity index (χ0n) is 15.4. The van der Waals surface area contributed by atoms with Gasteiger partial charge in [0.15, 0.2) is 0 Å². The highest BCUT2D eigenvalue weighted by Crippen LogP contribution is 2.16. The van der Waals surface area contributed by atoms with Gasteiger partial charge in [-0.1, -0.05) is 6.42 Å². The predicted octanol–water partition coefficient (Wildman–Crippen LogP) is 0.00700. The Balaban J connectivity index is 1.53. The summed E-state index contributed by atoms with van der Waals surface area (Å²) in [5.41, 5.74) is 1.59. The van der Waals surface area contributed by atoms with E-state index in [4.69, 9.17) is 0 Å². The van der Waals surface area contributed by atoms with Gasteiger partial charge in [-0.15, -0.1) is 0 Å². The highest BCUT2D eigenvalue weighted by atomic mass is 32.2. The lowest BCUT2D eigenvalue weighted by molar-refractivity contribution is -0.121. The van der Waals surface area contributed by atoms with E-state index < -0.39 is 15.9 Å². The smallest absolute Gasteiger partial charge is 0.267 e. The predicted molar refractivity (Wildman–Crippen MR) is 105 cm³/mol. The van der Waals surface area contributed by atoms with Crippen molar-refractivity contribution in [2.24, 2.45) is 0 Å². The maximum atomic E-state index is 12.3. The van der Waals surface area contributed by atoms with Crippen LogP contribution in [0.3, 0.4) is 0 Å². The number of nitrogens with zero attached hydrogens (tertiary/aromatic N) is 3. The fourth-order valence-corrected chi connectivity index (χ4v) is 5.85. The van der Waals surface area contributed by atoms with Crippen LogP contribution in [0.4, 0.5) is 0 Å². The second-order valence-corrected chi connectivity index (χ2v) is 10.2. The largest absolute Gasteiger partial charge is 0.353 e. The number of aromatic nitrogens is 2. The summed E-state index contributed by atoms with van der Waals surface area (Å²) < 4.78 is 27.2. The van der Waals surface area contributed by atoms with Gasteiger partial charge in [-0.3, -0.25) is 9.59 Å². The van der Waals surface area contributed by atoms with Crippen molar-refractivity contribution < 1.29 is 13.2 Å². The minimum absolute atomic E-state index is 0.0322. The van der Waals surface area contributed by atoms with Crippen molar-refractivity contribution in [3.63, 3.8) is 0 Å². The topological polar surface area (TPSA) is 101 Å². The number of amides is 1. The van der Waals surface area contributed by atoms with E-state index in [1.54, 1.807) is 17.8 Å². The molecule has 0 atom stereocenters. The second-order valence-electron chi connectivity index (χ2n) is 6.85. The van der Waals surface area contributed by atoms with Gasteiger partial charge in [0, 0.05) is 37.2 Å². The standard InChI is InChI=1S/C17H26N4O4S2/c22-16(18-6-11-27(24,25)20-7-9-26-10-8-20)13-21-17(23)12-14-4-2-1-3-5-15(14)19-21/h12H,1-11,13H2,(H,18,22). The highest BCUT2D eigenvalue weighted by molar-refractivity contribution is 7.99. The summed E-state index contributed by atoms with van der Waals surface area (Å²) >= 11 is 1.74. The van der Waals surface area contributed by atoms with Crippen molar-refractivity contribution in [1.82, 2.24) is 19.4 Å². The van der Waals surface area contributed by atoms with Crippen molar-refractivity contribution in [3.05, 3.63) is 27.7 Å². The van der Waals surface area contributed by atoms with E-state index in [1.807, 2.05) is 0 Å². The summed E-state index contributed by atoms with van der Waals surface area (Å²) in [6.45, 7) is 0.891. The van der Waals surface area contributed by atoms with Crippen molar-refractivity contribution >= 4 is 27.7 Å². The molecule has 1 amide bonds. The number of hydrogen-bond donors (Lipinski definition) is 1. The van der Waals surface area contributed by atoms with Crippen molar-refractivity contribution in [2.45, 2.75) is 38.6 Å². The molecule has 0 spiro atoms. The number of sulfonamides is 1. The number of fused-ring (bicyclic) bond motifs is 1. The first-order valence-electron chi connectivity index (χ1n) is 9.38. The minimum atomic E-state index is -3.36. The Hall–Kier alpha value is -1.39. The Bertz CT molecular complexity index is 832. The third kappa shape index (κ3) is 5.55. The van der Waals surface area contributed by atoms with Gasteiger partial charge in [0.2, 0.25) is 15.9 Å². The van der Waals surface area contributed by atoms with Crippen molar-refractivity contribution in [2.75, 3.05) is 36.9 Å². The van der Waals surface area contributed by atoms with Gasteiger partial charge in [0.1, 0.15) is 6.54 Å². The molecule has 0 bridgehead atoms. The van der Waals surface area contributed by atoms with Gasteiger partial charge in [0.05, 0.1) is 11.4 Å². The molecular formula is C17H26N4O4S2. The molecule has 27 heavy (non-hydrogen) atoms. The van der Waals surface area contributed by atoms with Crippen LogP contribution in [-0.2, 0) is 34.2 Å². The van der Waals surface area contributed by atoms with E-state index in [0.717, 1.165) is 54.9 Å². The van der Waals surface area contributed by atoms with Gasteiger partial charge in [-0.2, -0.15) is 16.9 Å². The lowest BCUT2D eigenvalue weighted by atomic mass is 10.1. The van der Waals surface area contributed by atoms with Gasteiger partial charge in [-0.25, -0.2) is 17.4 Å². The van der Waals surface area contributed by atoms with Crippen LogP contribution in [0, 0.1) is 0 Å². The Labute approximate surface area is 163 Å². The molecule has 1 saturated heterocycles. The van der Waals surface area contributed by atoms with Crippen molar-refractivity contribution in [1.29, 1.82) is 0 Å². The van der Waals surface area contributed by atoms with Crippen LogP contribution in [0.15, 0.2) is 10.9 Å². The lowest BCUT2D eigenvalue weighted by Crippen LogP contribution is -2.42. The SMILES string of the molecule is O=C(Cn1nc2c(cc1=O)CCCCC2)NCCS(=O)(=O)N1CCSCC1. The van der Waals surface area contributed by atoms with E-state index in [2.05, 4.69) is 10.4 Å². The van der Waals surface area contributed by atoms with Crippen LogP contribution in [0.2, 0.25) is 0 Å². The summed E-state index contributed by atoms with van der Waals surface area (Å²) in [6.07, 6.45) is 4.90. The molecule has 0 radical (unpaired) electrons. The molecule has 1 aliphatic carbocycles. The number of aryl methyl sites for hydroxylation is 2. The van der Waals surface area contributed by atoms with E-state index in [9.17, 15) is 18.0 Å². The van der Waals surface area contributed by atoms with Crippen LogP contribution < -0.4 is 10.9 Å². The molecule has 0 aromatic carbocycles. The molecule has 2 aliphatic rings. The van der Waals surface area contributed by atoms with Gasteiger partial charge in [-0.05, 0) is 31.2 Å². The minimum Gasteiger partial charge on any atom is -0.353 e. The summed E-state index contributed by atoms with van der Waals surface area (Å²) in [6, 6.07) is 1.58. The maximum absolute atomic E-state index is 12.3. The highest BCUT2D eigenvalue weighted by Gasteiger charge is 2.24. The summed E-state index contributed by atoms with van der Waals surface area (Å²) in [5, 5.41) is 6.95. The van der Waals surface area contributed by atoms with E-state index in [-0.39, 0.29) is 24.4 Å². The van der Waals surface area contributed by atoms with E-state index >= 15 is 0 Å². The van der Waals surface area contributed by atoms with E-state index in [0.29, 0.717) is 13.1 Å². The summed E-state index contributed by atoms with van der Waals surface area (Å²) in [5.74, 6) is 1.08. The number of carbonyl (C=O) groups is 1. The van der Waals surface area contributed by atoms with E-state index in [1.165, 1.54) is 8.99 Å². The second kappa shape index (κ2) is 9.20. The number of rotatable bonds is 6. The zero-order valence-corrected chi connectivity index (χ0v) is 17.0. The molecule has 3 rings (SSSR count). The number of thioether (sulfide) groups is 1. The number of hydrogen-bond acceptors (Lipinski definition) is 6. The fourth-order valence-electron chi connectivity index (χ4n) is 3.36. The normalized spacial score (nSPS) is 18.5. The molecule has 1 aliphatic heterocycles. The maximum Gasteiger partial charge on any atom is 0.267 e. The Morgan fingerprint density at radius 2 is 1.93 bits per heavy atom. The first kappa shape index (κ1) is 20.3. The Kier molecular flexibility index (Phi) is 6.93. The van der Waals surface area contributed by atoms with Crippen LogP contribution in [-0.4, -0.2) is 65.3 Å². The van der Waals surface area contributed by atoms with Gasteiger partial charge in [0.25, 0.3) is 5.56 Å². The molecule has 2 heterocycles. The average Bonchev–Trinajstić information content (AvgIpc) is 2.87. The van der Waals surface area contributed by atoms with Crippen LogP contribution in [0.1, 0.15) is 30.5 Å². The molecule has 0 saturated carbocycles. The first-order valence-corrected chi connectivity index (χ1v) is 12.1. The van der Waals surface area contributed by atoms with Gasteiger partial charge >= 0.3 is 0 Å². The molecule has 10 heteroatoms. The van der Waals surface area contributed by atoms with Crippen LogP contribution >= 0.6 is 11.8 Å². The lowest BCUT2D eigenvalue weighted by Gasteiger charge is -2.25. The van der Waals surface area contributed by atoms with Crippen molar-refractivity contribution in [3.8, 4) is 0 Å². The Morgan fingerprint density at radius 1 is 1.19 bits per heavy atom. The summed E-state index contributed by atoms with van der Waals surface area (Å²) in [7, 11) is -3.36. The first-order chi connectivity index (χ1) is 13.0. The molecule has 150 valence electrons. The van der Waals surface area contributed by atoms with Crippen LogP contribution in [0.5, 0.6) is 0 Å². The van der Waals surface area contributed by atoms with Gasteiger partial charge < -0.3 is 5.32 Å². The molecular weight excluding hydrogens is 388 g/mol. The fraction of sp³-hybridized carbons (Fsp3) is 0.706. The monoisotopic (exact) mass is 414 g/mol. The molecule has 1 fully saturated rings. The number of nitrogens with one attached hydrogen (secondary N) is 1. The Morgan fingerprint density at radius 3 is 2.70 bits per heavy atom. The summed E-state index contributed by atoms with van der Waals surface area (Å²) in [4.78, 5) is 24.3. The average molecular weight is 415 g/mol.